The van der Waals surface area contributed by atoms with E-state index in [1.807, 2.05) is 43.3 Å². The standard InChI is InChI=1S/C15H15ClO2/c1-10-13(11-5-4-6-12(16)9-11)7-8-14(17-2)15(10)18-3/h4-9H,1-3H3. The van der Waals surface area contributed by atoms with Crippen molar-refractivity contribution in [1.82, 2.24) is 0 Å². The van der Waals surface area contributed by atoms with E-state index in [-0.39, 0.29) is 0 Å². The molecule has 0 aromatic heterocycles. The topological polar surface area (TPSA) is 18.5 Å². The van der Waals surface area contributed by atoms with Gasteiger partial charge in [0.15, 0.2) is 11.5 Å². The first-order chi connectivity index (χ1) is 8.67. The van der Waals surface area contributed by atoms with Crippen molar-refractivity contribution in [3.8, 4) is 22.6 Å². The second-order valence-corrected chi connectivity index (χ2v) is 4.42. The molecule has 2 nitrogen and oxygen atoms in total. The van der Waals surface area contributed by atoms with Gasteiger partial charge in [0.1, 0.15) is 0 Å². The number of benzene rings is 2. The summed E-state index contributed by atoms with van der Waals surface area (Å²) in [5, 5.41) is 0.724. The van der Waals surface area contributed by atoms with Gasteiger partial charge in [-0.05, 0) is 36.2 Å². The molecular formula is C15H15ClO2. The molecule has 18 heavy (non-hydrogen) atoms. The van der Waals surface area contributed by atoms with E-state index in [0.29, 0.717) is 0 Å². The molecule has 0 unspecified atom stereocenters. The lowest BCUT2D eigenvalue weighted by Crippen LogP contribution is -1.95. The second kappa shape index (κ2) is 5.32. The summed E-state index contributed by atoms with van der Waals surface area (Å²) in [7, 11) is 3.28. The first kappa shape index (κ1) is 12.8. The lowest BCUT2D eigenvalue weighted by Gasteiger charge is -2.14. The Morgan fingerprint density at radius 2 is 1.78 bits per heavy atom. The van der Waals surface area contributed by atoms with Gasteiger partial charge in [-0.15, -0.1) is 0 Å². The van der Waals surface area contributed by atoms with Crippen LogP contribution in [-0.4, -0.2) is 14.2 Å². The predicted octanol–water partition coefficient (Wildman–Crippen LogP) is 4.33. The number of halogens is 1. The molecule has 0 aliphatic heterocycles. The minimum absolute atomic E-state index is 0.724. The lowest BCUT2D eigenvalue weighted by molar-refractivity contribution is 0.353. The summed E-state index contributed by atoms with van der Waals surface area (Å²) in [6, 6.07) is 11.7. The SMILES string of the molecule is COc1ccc(-c2cccc(Cl)c2)c(C)c1OC. The molecular weight excluding hydrogens is 248 g/mol. The summed E-state index contributed by atoms with van der Waals surface area (Å²) in [6.45, 7) is 2.01. The van der Waals surface area contributed by atoms with Crippen LogP contribution >= 0.6 is 11.6 Å². The Balaban J connectivity index is 2.59. The van der Waals surface area contributed by atoms with Crippen molar-refractivity contribution in [2.45, 2.75) is 6.92 Å². The largest absolute Gasteiger partial charge is 0.493 e. The fourth-order valence-electron chi connectivity index (χ4n) is 2.05. The molecule has 2 aromatic carbocycles. The van der Waals surface area contributed by atoms with E-state index in [1.165, 1.54) is 0 Å². The third-order valence-corrected chi connectivity index (χ3v) is 3.16. The maximum atomic E-state index is 6.02. The molecule has 0 aliphatic carbocycles. The fraction of sp³-hybridized carbons (Fsp3) is 0.200. The summed E-state index contributed by atoms with van der Waals surface area (Å²) in [5.74, 6) is 1.50. The van der Waals surface area contributed by atoms with Crippen LogP contribution in [0, 0.1) is 6.92 Å². The maximum absolute atomic E-state index is 6.02. The van der Waals surface area contributed by atoms with Crippen LogP contribution in [-0.2, 0) is 0 Å². The summed E-state index contributed by atoms with van der Waals surface area (Å²) < 4.78 is 10.7. The van der Waals surface area contributed by atoms with Crippen molar-refractivity contribution in [2.75, 3.05) is 14.2 Å². The number of rotatable bonds is 3. The number of ether oxygens (including phenoxy) is 2. The fourth-order valence-corrected chi connectivity index (χ4v) is 2.24. The zero-order chi connectivity index (χ0) is 13.1. The van der Waals surface area contributed by atoms with Crippen LogP contribution in [0.3, 0.4) is 0 Å². The molecule has 0 saturated carbocycles. The lowest BCUT2D eigenvalue weighted by atomic mass is 9.99. The second-order valence-electron chi connectivity index (χ2n) is 3.98. The summed E-state index contributed by atoms with van der Waals surface area (Å²) >= 11 is 6.02. The van der Waals surface area contributed by atoms with Crippen LogP contribution in [0.5, 0.6) is 11.5 Å². The van der Waals surface area contributed by atoms with E-state index >= 15 is 0 Å². The molecule has 0 N–H and O–H groups in total. The van der Waals surface area contributed by atoms with Crippen LogP contribution in [0.1, 0.15) is 5.56 Å². The van der Waals surface area contributed by atoms with Gasteiger partial charge in [0, 0.05) is 10.6 Å². The molecule has 0 fully saturated rings. The highest BCUT2D eigenvalue weighted by Crippen LogP contribution is 2.37. The van der Waals surface area contributed by atoms with Gasteiger partial charge in [0.05, 0.1) is 14.2 Å². The highest BCUT2D eigenvalue weighted by Gasteiger charge is 2.12. The zero-order valence-electron chi connectivity index (χ0n) is 10.7. The Labute approximate surface area is 112 Å². The first-order valence-corrected chi connectivity index (χ1v) is 6.02. The normalized spacial score (nSPS) is 10.2. The highest BCUT2D eigenvalue weighted by molar-refractivity contribution is 6.30. The molecule has 0 heterocycles. The molecule has 0 atom stereocenters. The van der Waals surface area contributed by atoms with E-state index < -0.39 is 0 Å². The molecule has 94 valence electrons. The quantitative estimate of drug-likeness (QED) is 0.820. The van der Waals surface area contributed by atoms with Gasteiger partial charge in [0.2, 0.25) is 0 Å². The molecule has 0 radical (unpaired) electrons. The first-order valence-electron chi connectivity index (χ1n) is 5.65. The van der Waals surface area contributed by atoms with Crippen LogP contribution in [0.15, 0.2) is 36.4 Å². The molecule has 3 heteroatoms. The maximum Gasteiger partial charge on any atom is 0.164 e. The molecule has 0 aliphatic rings. The smallest absolute Gasteiger partial charge is 0.164 e. The third-order valence-electron chi connectivity index (χ3n) is 2.93. The average Bonchev–Trinajstić information content (AvgIpc) is 2.38. The number of hydrogen-bond acceptors (Lipinski definition) is 2. The Morgan fingerprint density at radius 3 is 2.39 bits per heavy atom. The van der Waals surface area contributed by atoms with E-state index in [9.17, 15) is 0 Å². The minimum Gasteiger partial charge on any atom is -0.493 e. The van der Waals surface area contributed by atoms with Crippen LogP contribution < -0.4 is 9.47 Å². The van der Waals surface area contributed by atoms with E-state index in [0.717, 1.165) is 33.2 Å². The molecule has 2 rings (SSSR count). The van der Waals surface area contributed by atoms with Crippen LogP contribution in [0.25, 0.3) is 11.1 Å². The third kappa shape index (κ3) is 2.29. The molecule has 2 aromatic rings. The van der Waals surface area contributed by atoms with Gasteiger partial charge in [-0.1, -0.05) is 29.8 Å². The van der Waals surface area contributed by atoms with Crippen molar-refractivity contribution in [3.05, 3.63) is 47.0 Å². The van der Waals surface area contributed by atoms with E-state index in [1.54, 1.807) is 14.2 Å². The summed E-state index contributed by atoms with van der Waals surface area (Å²) in [6.07, 6.45) is 0. The minimum atomic E-state index is 0.724. The number of hydrogen-bond donors (Lipinski definition) is 0. The van der Waals surface area contributed by atoms with Crippen molar-refractivity contribution in [3.63, 3.8) is 0 Å². The average molecular weight is 263 g/mol. The van der Waals surface area contributed by atoms with Crippen molar-refractivity contribution in [1.29, 1.82) is 0 Å². The van der Waals surface area contributed by atoms with Crippen molar-refractivity contribution >= 4 is 11.6 Å². The summed E-state index contributed by atoms with van der Waals surface area (Å²) in [5.41, 5.74) is 3.20. The van der Waals surface area contributed by atoms with E-state index in [2.05, 4.69) is 0 Å². The van der Waals surface area contributed by atoms with Crippen molar-refractivity contribution < 1.29 is 9.47 Å². The van der Waals surface area contributed by atoms with Gasteiger partial charge >= 0.3 is 0 Å². The van der Waals surface area contributed by atoms with Gasteiger partial charge in [0.25, 0.3) is 0 Å². The van der Waals surface area contributed by atoms with E-state index in [4.69, 9.17) is 21.1 Å². The number of methoxy groups -OCH3 is 2. The van der Waals surface area contributed by atoms with Gasteiger partial charge in [-0.3, -0.25) is 0 Å². The van der Waals surface area contributed by atoms with Gasteiger partial charge in [-0.2, -0.15) is 0 Å². The Kier molecular flexibility index (Phi) is 3.78. The monoisotopic (exact) mass is 262 g/mol. The summed E-state index contributed by atoms with van der Waals surface area (Å²) in [4.78, 5) is 0. The van der Waals surface area contributed by atoms with Crippen molar-refractivity contribution in [2.24, 2.45) is 0 Å². The highest BCUT2D eigenvalue weighted by atomic mass is 35.5. The zero-order valence-corrected chi connectivity index (χ0v) is 11.4. The van der Waals surface area contributed by atoms with Crippen LogP contribution in [0.2, 0.25) is 5.02 Å². The van der Waals surface area contributed by atoms with Gasteiger partial charge in [-0.25, -0.2) is 0 Å². The predicted molar refractivity (Wildman–Crippen MR) is 74.7 cm³/mol. The Bertz CT molecular complexity index is 564. The van der Waals surface area contributed by atoms with Gasteiger partial charge < -0.3 is 9.47 Å². The molecule has 0 amide bonds. The molecule has 0 spiro atoms. The molecule has 0 bridgehead atoms. The Morgan fingerprint density at radius 1 is 1.00 bits per heavy atom. The molecule has 0 saturated heterocycles. The Hall–Kier alpha value is -1.67. The van der Waals surface area contributed by atoms with Crippen LogP contribution in [0.4, 0.5) is 0 Å².